The Morgan fingerprint density at radius 3 is 2.60 bits per heavy atom. The fraction of sp³-hybridized carbons (Fsp3) is 0.737. The van der Waals surface area contributed by atoms with Crippen molar-refractivity contribution in [2.45, 2.75) is 59.4 Å². The summed E-state index contributed by atoms with van der Waals surface area (Å²) in [5, 5.41) is 2.95. The second-order valence-electron chi connectivity index (χ2n) is 7.92. The van der Waals surface area contributed by atoms with E-state index in [1.807, 2.05) is 9.47 Å². The Morgan fingerprint density at radius 2 is 1.92 bits per heavy atom. The summed E-state index contributed by atoms with van der Waals surface area (Å²) in [7, 11) is 0. The maximum Gasteiger partial charge on any atom is 0.289 e. The predicted molar refractivity (Wildman–Crippen MR) is 96.6 cm³/mol. The number of carbonyl (C=O) groups is 2. The number of piperidine rings is 1. The second kappa shape index (κ2) is 7.58. The third-order valence-electron chi connectivity index (χ3n) is 5.27. The van der Waals surface area contributed by atoms with Crippen molar-refractivity contribution in [3.05, 3.63) is 17.2 Å². The number of nitrogens with one attached hydrogen (secondary N) is 1. The molecular weight excluding hydrogens is 316 g/mol. The largest absolute Gasteiger partial charge is 0.350 e. The van der Waals surface area contributed by atoms with Gasteiger partial charge >= 0.3 is 0 Å². The van der Waals surface area contributed by atoms with Gasteiger partial charge in [-0.15, -0.1) is 0 Å². The summed E-state index contributed by atoms with van der Waals surface area (Å²) >= 11 is 0. The van der Waals surface area contributed by atoms with Crippen molar-refractivity contribution in [2.75, 3.05) is 19.6 Å². The summed E-state index contributed by atoms with van der Waals surface area (Å²) in [5.41, 5.74) is 1.38. The van der Waals surface area contributed by atoms with Gasteiger partial charge in [-0.2, -0.15) is 0 Å². The van der Waals surface area contributed by atoms with Gasteiger partial charge < -0.3 is 14.8 Å². The molecule has 1 aromatic heterocycles. The van der Waals surface area contributed by atoms with Gasteiger partial charge in [0.05, 0.1) is 5.69 Å². The van der Waals surface area contributed by atoms with Crippen molar-refractivity contribution in [2.24, 2.45) is 11.8 Å². The van der Waals surface area contributed by atoms with E-state index < -0.39 is 0 Å². The smallest absolute Gasteiger partial charge is 0.289 e. The molecular formula is C19H30N4O2. The predicted octanol–water partition coefficient (Wildman–Crippen LogP) is 2.48. The zero-order valence-corrected chi connectivity index (χ0v) is 15.7. The Hall–Kier alpha value is -1.85. The molecule has 1 saturated heterocycles. The van der Waals surface area contributed by atoms with Gasteiger partial charge in [-0.3, -0.25) is 9.59 Å². The van der Waals surface area contributed by atoms with Crippen LogP contribution in [0.25, 0.3) is 0 Å². The number of amides is 2. The van der Waals surface area contributed by atoms with Crippen LogP contribution >= 0.6 is 0 Å². The molecule has 3 heterocycles. The molecule has 2 aliphatic rings. The van der Waals surface area contributed by atoms with Crippen LogP contribution in [0.2, 0.25) is 0 Å². The first-order chi connectivity index (χ1) is 12.0. The molecule has 0 radical (unpaired) electrons. The van der Waals surface area contributed by atoms with Gasteiger partial charge in [-0.05, 0) is 43.9 Å². The zero-order valence-electron chi connectivity index (χ0n) is 15.7. The van der Waals surface area contributed by atoms with E-state index in [9.17, 15) is 9.59 Å². The van der Waals surface area contributed by atoms with Crippen LogP contribution in [0.3, 0.4) is 0 Å². The quantitative estimate of drug-likeness (QED) is 0.911. The number of hydrogen-bond donors (Lipinski definition) is 1. The fourth-order valence-electron chi connectivity index (χ4n) is 3.62. The van der Waals surface area contributed by atoms with E-state index in [1.54, 1.807) is 0 Å². The van der Waals surface area contributed by atoms with Crippen molar-refractivity contribution < 1.29 is 9.59 Å². The number of rotatable bonds is 4. The summed E-state index contributed by atoms with van der Waals surface area (Å²) in [6.45, 7) is 9.35. The van der Waals surface area contributed by atoms with Gasteiger partial charge in [0.2, 0.25) is 0 Å². The highest BCUT2D eigenvalue weighted by Crippen LogP contribution is 2.24. The Labute approximate surface area is 150 Å². The second-order valence-corrected chi connectivity index (χ2v) is 7.92. The molecule has 1 aromatic rings. The third kappa shape index (κ3) is 3.88. The minimum absolute atomic E-state index is 0.0158. The van der Waals surface area contributed by atoms with Crippen LogP contribution in [0.15, 0.2) is 0 Å². The number of nitrogens with zero attached hydrogens (tertiary/aromatic N) is 3. The van der Waals surface area contributed by atoms with Crippen LogP contribution in [0.4, 0.5) is 0 Å². The minimum Gasteiger partial charge on any atom is -0.350 e. The Balaban J connectivity index is 1.84. The van der Waals surface area contributed by atoms with Crippen molar-refractivity contribution in [3.63, 3.8) is 0 Å². The molecule has 0 bridgehead atoms. The summed E-state index contributed by atoms with van der Waals surface area (Å²) in [5.74, 6) is 1.36. The van der Waals surface area contributed by atoms with Crippen molar-refractivity contribution in [1.29, 1.82) is 0 Å². The average Bonchev–Trinajstić information content (AvgIpc) is 2.99. The molecule has 138 valence electrons. The summed E-state index contributed by atoms with van der Waals surface area (Å²) in [6.07, 6.45) is 4.99. The maximum absolute atomic E-state index is 13.0. The molecule has 6 nitrogen and oxygen atoms in total. The normalized spacial score (nSPS) is 18.3. The Kier molecular flexibility index (Phi) is 5.45. The lowest BCUT2D eigenvalue weighted by atomic mass is 9.99. The number of likely N-dealkylation sites (tertiary alicyclic amines) is 1. The third-order valence-corrected chi connectivity index (χ3v) is 5.27. The van der Waals surface area contributed by atoms with Crippen LogP contribution in [0.1, 0.15) is 73.3 Å². The highest BCUT2D eigenvalue weighted by atomic mass is 16.2. The standard InChI is InChI=1S/C19H30N4O2/c1-13(2)12-20-18(24)16-15-6-4-5-9-23(15)17(21-16)19(25)22-10-7-14(3)8-11-22/h13-14H,4-12H2,1-3H3,(H,20,24). The summed E-state index contributed by atoms with van der Waals surface area (Å²) in [4.78, 5) is 32.0. The van der Waals surface area contributed by atoms with Crippen molar-refractivity contribution in [1.82, 2.24) is 19.8 Å². The first kappa shape index (κ1) is 18.0. The van der Waals surface area contributed by atoms with Crippen LogP contribution in [0.5, 0.6) is 0 Å². The lowest BCUT2D eigenvalue weighted by Crippen LogP contribution is -2.39. The van der Waals surface area contributed by atoms with Gasteiger partial charge in [-0.1, -0.05) is 20.8 Å². The topological polar surface area (TPSA) is 67.2 Å². The first-order valence-corrected chi connectivity index (χ1v) is 9.64. The van der Waals surface area contributed by atoms with E-state index in [4.69, 9.17) is 0 Å². The molecule has 2 aliphatic heterocycles. The fourth-order valence-corrected chi connectivity index (χ4v) is 3.62. The minimum atomic E-state index is -0.148. The van der Waals surface area contributed by atoms with E-state index >= 15 is 0 Å². The number of aromatic nitrogens is 2. The van der Waals surface area contributed by atoms with E-state index in [1.165, 1.54) is 0 Å². The molecule has 0 aromatic carbocycles. The molecule has 1 fully saturated rings. The monoisotopic (exact) mass is 346 g/mol. The lowest BCUT2D eigenvalue weighted by molar-refractivity contribution is 0.0678. The lowest BCUT2D eigenvalue weighted by Gasteiger charge is -2.30. The SMILES string of the molecule is CC(C)CNC(=O)c1nc(C(=O)N2CCC(C)CC2)n2c1CCCC2. The van der Waals surface area contributed by atoms with Crippen LogP contribution in [0, 0.1) is 11.8 Å². The van der Waals surface area contributed by atoms with Gasteiger partial charge in [0.15, 0.2) is 5.82 Å². The molecule has 0 spiro atoms. The average molecular weight is 346 g/mol. The van der Waals surface area contributed by atoms with Crippen molar-refractivity contribution in [3.8, 4) is 0 Å². The maximum atomic E-state index is 13.0. The van der Waals surface area contributed by atoms with Crippen molar-refractivity contribution >= 4 is 11.8 Å². The molecule has 0 aliphatic carbocycles. The van der Waals surface area contributed by atoms with Crippen LogP contribution in [-0.4, -0.2) is 45.9 Å². The zero-order chi connectivity index (χ0) is 18.0. The summed E-state index contributed by atoms with van der Waals surface area (Å²) < 4.78 is 1.99. The van der Waals surface area contributed by atoms with E-state index in [0.717, 1.165) is 57.4 Å². The molecule has 0 unspecified atom stereocenters. The summed E-state index contributed by atoms with van der Waals surface area (Å²) in [6, 6.07) is 0. The molecule has 3 rings (SSSR count). The van der Waals surface area contributed by atoms with E-state index in [0.29, 0.717) is 29.9 Å². The van der Waals surface area contributed by atoms with Gasteiger partial charge in [0, 0.05) is 26.2 Å². The molecule has 0 saturated carbocycles. The molecule has 1 N–H and O–H groups in total. The first-order valence-electron chi connectivity index (χ1n) is 9.64. The van der Waals surface area contributed by atoms with Gasteiger partial charge in [0.1, 0.15) is 5.69 Å². The number of hydrogen-bond acceptors (Lipinski definition) is 3. The van der Waals surface area contributed by atoms with Gasteiger partial charge in [-0.25, -0.2) is 4.98 Å². The van der Waals surface area contributed by atoms with E-state index in [-0.39, 0.29) is 11.8 Å². The Bertz CT molecular complexity index is 642. The number of imidazole rings is 1. The number of carbonyl (C=O) groups excluding carboxylic acids is 2. The Morgan fingerprint density at radius 1 is 1.20 bits per heavy atom. The van der Waals surface area contributed by atoms with Crippen LogP contribution < -0.4 is 5.32 Å². The number of fused-ring (bicyclic) bond motifs is 1. The highest BCUT2D eigenvalue weighted by Gasteiger charge is 2.30. The van der Waals surface area contributed by atoms with Crippen LogP contribution in [-0.2, 0) is 13.0 Å². The highest BCUT2D eigenvalue weighted by molar-refractivity contribution is 5.97. The van der Waals surface area contributed by atoms with Gasteiger partial charge in [0.25, 0.3) is 11.8 Å². The molecule has 0 atom stereocenters. The molecule has 2 amide bonds. The molecule has 25 heavy (non-hydrogen) atoms. The van der Waals surface area contributed by atoms with E-state index in [2.05, 4.69) is 31.1 Å². The molecule has 6 heteroatoms.